The molecule has 124 valence electrons. The molecule has 1 heterocycles. The highest BCUT2D eigenvalue weighted by atomic mass is 16.6. The number of carbonyl (C=O) groups is 2. The van der Waals surface area contributed by atoms with Crippen LogP contribution < -0.4 is 0 Å². The predicted octanol–water partition coefficient (Wildman–Crippen LogP) is 1.88. The molecule has 1 aromatic carbocycles. The van der Waals surface area contributed by atoms with Gasteiger partial charge in [-0.3, -0.25) is 0 Å². The topological polar surface area (TPSA) is 76.1 Å². The van der Waals surface area contributed by atoms with Gasteiger partial charge in [-0.05, 0) is 24.5 Å². The number of nitrogens with zero attached hydrogens (tertiary/aromatic N) is 1. The van der Waals surface area contributed by atoms with Gasteiger partial charge in [0, 0.05) is 12.6 Å². The third kappa shape index (κ3) is 4.82. The number of benzene rings is 1. The van der Waals surface area contributed by atoms with Crippen LogP contribution in [-0.4, -0.2) is 47.9 Å². The molecule has 23 heavy (non-hydrogen) atoms. The highest BCUT2D eigenvalue weighted by Gasteiger charge is 2.33. The molecule has 1 N–H and O–H groups in total. The van der Waals surface area contributed by atoms with E-state index in [4.69, 9.17) is 4.74 Å². The van der Waals surface area contributed by atoms with Crippen molar-refractivity contribution < 1.29 is 24.2 Å². The highest BCUT2D eigenvalue weighted by Crippen LogP contribution is 2.22. The molecule has 6 nitrogen and oxygen atoms in total. The number of amides is 1. The van der Waals surface area contributed by atoms with Crippen LogP contribution in [0.1, 0.15) is 18.4 Å². The third-order valence-electron chi connectivity index (χ3n) is 3.76. The van der Waals surface area contributed by atoms with E-state index in [0.717, 1.165) is 18.1 Å². The van der Waals surface area contributed by atoms with E-state index in [-0.39, 0.29) is 12.6 Å². The Balaban J connectivity index is 1.91. The van der Waals surface area contributed by atoms with Gasteiger partial charge < -0.3 is 19.5 Å². The smallest absolute Gasteiger partial charge is 0.410 e. The minimum absolute atomic E-state index is 0.191. The van der Waals surface area contributed by atoms with Crippen LogP contribution in [0.5, 0.6) is 0 Å². The molecule has 0 aliphatic carbocycles. The maximum absolute atomic E-state index is 12.2. The molecule has 0 radical (unpaired) electrons. The van der Waals surface area contributed by atoms with E-state index < -0.39 is 18.2 Å². The van der Waals surface area contributed by atoms with E-state index in [2.05, 4.69) is 4.74 Å². The summed E-state index contributed by atoms with van der Waals surface area (Å²) in [6.07, 6.45) is 2.57. The van der Waals surface area contributed by atoms with Gasteiger partial charge in [0.15, 0.2) is 0 Å². The number of aliphatic hydroxyl groups excluding tert-OH is 1. The second kappa shape index (κ2) is 8.33. The molecular weight excluding hydrogens is 298 g/mol. The molecule has 2 rings (SSSR count). The van der Waals surface area contributed by atoms with E-state index in [1.54, 1.807) is 0 Å². The van der Waals surface area contributed by atoms with Gasteiger partial charge >= 0.3 is 12.1 Å². The van der Waals surface area contributed by atoms with Gasteiger partial charge in [-0.2, -0.15) is 0 Å². The molecule has 1 unspecified atom stereocenters. The number of likely N-dealkylation sites (tertiary alicyclic amines) is 1. The number of esters is 1. The Hall–Kier alpha value is -2.34. The number of hydrogen-bond acceptors (Lipinski definition) is 5. The Morgan fingerprint density at radius 2 is 2.13 bits per heavy atom. The zero-order valence-corrected chi connectivity index (χ0v) is 13.1. The van der Waals surface area contributed by atoms with Crippen LogP contribution in [0.3, 0.4) is 0 Å². The first-order chi connectivity index (χ1) is 11.1. The van der Waals surface area contributed by atoms with Gasteiger partial charge in [-0.1, -0.05) is 30.3 Å². The maximum atomic E-state index is 12.2. The minimum atomic E-state index is -0.930. The molecule has 1 aliphatic rings. The Kier molecular flexibility index (Phi) is 6.17. The van der Waals surface area contributed by atoms with Crippen LogP contribution in [0.15, 0.2) is 42.5 Å². The quantitative estimate of drug-likeness (QED) is 0.662. The lowest BCUT2D eigenvalue weighted by Crippen LogP contribution is -2.42. The lowest BCUT2D eigenvalue weighted by atomic mass is 10.1. The molecule has 0 bridgehead atoms. The number of methoxy groups -OCH3 is 1. The first-order valence-corrected chi connectivity index (χ1v) is 7.53. The maximum Gasteiger partial charge on any atom is 0.410 e. The molecule has 0 saturated carbocycles. The second-order valence-corrected chi connectivity index (χ2v) is 5.32. The van der Waals surface area contributed by atoms with Crippen molar-refractivity contribution in [2.75, 3.05) is 13.7 Å². The van der Waals surface area contributed by atoms with Gasteiger partial charge in [-0.25, -0.2) is 9.59 Å². The molecule has 1 aliphatic heterocycles. The van der Waals surface area contributed by atoms with Crippen molar-refractivity contribution in [1.82, 2.24) is 4.90 Å². The zero-order chi connectivity index (χ0) is 16.7. The summed E-state index contributed by atoms with van der Waals surface area (Å²) in [4.78, 5) is 24.8. The van der Waals surface area contributed by atoms with E-state index in [1.165, 1.54) is 18.1 Å². The largest absolute Gasteiger partial charge is 0.466 e. The molecule has 1 saturated heterocycles. The third-order valence-corrected chi connectivity index (χ3v) is 3.76. The summed E-state index contributed by atoms with van der Waals surface area (Å²) >= 11 is 0. The first kappa shape index (κ1) is 17.0. The van der Waals surface area contributed by atoms with E-state index in [9.17, 15) is 14.7 Å². The Labute approximate surface area is 135 Å². The van der Waals surface area contributed by atoms with Crippen molar-refractivity contribution in [3.8, 4) is 0 Å². The molecule has 1 aromatic rings. The van der Waals surface area contributed by atoms with Crippen LogP contribution >= 0.6 is 0 Å². The van der Waals surface area contributed by atoms with Gasteiger partial charge in [-0.15, -0.1) is 0 Å². The second-order valence-electron chi connectivity index (χ2n) is 5.32. The van der Waals surface area contributed by atoms with Crippen molar-refractivity contribution in [1.29, 1.82) is 0 Å². The van der Waals surface area contributed by atoms with Crippen LogP contribution in [0.2, 0.25) is 0 Å². The normalized spacial score (nSPS) is 18.9. The summed E-state index contributed by atoms with van der Waals surface area (Å²) in [6.45, 7) is 0.721. The fourth-order valence-corrected chi connectivity index (χ4v) is 2.55. The van der Waals surface area contributed by atoms with Crippen LogP contribution in [0.25, 0.3) is 0 Å². The number of carbonyl (C=O) groups excluding carboxylic acids is 2. The van der Waals surface area contributed by atoms with E-state index in [0.29, 0.717) is 13.0 Å². The zero-order valence-electron chi connectivity index (χ0n) is 13.1. The summed E-state index contributed by atoms with van der Waals surface area (Å²) < 4.78 is 9.78. The summed E-state index contributed by atoms with van der Waals surface area (Å²) in [6, 6.07) is 9.02. The lowest BCUT2D eigenvalue weighted by Gasteiger charge is -2.26. The minimum Gasteiger partial charge on any atom is -0.466 e. The van der Waals surface area contributed by atoms with Crippen molar-refractivity contribution in [3.05, 3.63) is 48.0 Å². The first-order valence-electron chi connectivity index (χ1n) is 7.53. The molecule has 0 spiro atoms. The molecule has 6 heteroatoms. The SMILES string of the molecule is COC(=O)/C=C/C(O)[C@@H]1CCCN1C(=O)OCc1ccccc1. The molecule has 0 aromatic heterocycles. The Morgan fingerprint density at radius 3 is 2.83 bits per heavy atom. The lowest BCUT2D eigenvalue weighted by molar-refractivity contribution is -0.134. The van der Waals surface area contributed by atoms with Gasteiger partial charge in [0.05, 0.1) is 19.3 Å². The highest BCUT2D eigenvalue weighted by molar-refractivity contribution is 5.81. The fourth-order valence-electron chi connectivity index (χ4n) is 2.55. The van der Waals surface area contributed by atoms with Crippen molar-refractivity contribution in [2.24, 2.45) is 0 Å². The van der Waals surface area contributed by atoms with Crippen molar-refractivity contribution >= 4 is 12.1 Å². The number of aliphatic hydroxyl groups is 1. The Bertz CT molecular complexity index is 557. The average molecular weight is 319 g/mol. The monoisotopic (exact) mass is 319 g/mol. The van der Waals surface area contributed by atoms with Crippen LogP contribution in [-0.2, 0) is 20.9 Å². The van der Waals surface area contributed by atoms with Crippen LogP contribution in [0, 0.1) is 0 Å². The summed E-state index contributed by atoms with van der Waals surface area (Å²) in [7, 11) is 1.27. The van der Waals surface area contributed by atoms with Gasteiger partial charge in [0.25, 0.3) is 0 Å². The number of ether oxygens (including phenoxy) is 2. The Morgan fingerprint density at radius 1 is 1.39 bits per heavy atom. The molecule has 1 amide bonds. The van der Waals surface area contributed by atoms with E-state index >= 15 is 0 Å². The summed E-state index contributed by atoms with van der Waals surface area (Å²) in [5, 5.41) is 10.2. The van der Waals surface area contributed by atoms with Crippen LogP contribution in [0.4, 0.5) is 4.79 Å². The predicted molar refractivity (Wildman–Crippen MR) is 83.5 cm³/mol. The van der Waals surface area contributed by atoms with E-state index in [1.807, 2.05) is 30.3 Å². The van der Waals surface area contributed by atoms with Gasteiger partial charge in [0.2, 0.25) is 0 Å². The van der Waals surface area contributed by atoms with Crippen molar-refractivity contribution in [2.45, 2.75) is 31.6 Å². The number of rotatable bonds is 5. The summed E-state index contributed by atoms with van der Waals surface area (Å²) in [5.41, 5.74) is 0.905. The fraction of sp³-hybridized carbons (Fsp3) is 0.412. The number of hydrogen-bond donors (Lipinski definition) is 1. The van der Waals surface area contributed by atoms with Crippen molar-refractivity contribution in [3.63, 3.8) is 0 Å². The standard InChI is InChI=1S/C17H21NO5/c1-22-16(20)10-9-15(19)14-8-5-11-18(14)17(21)23-12-13-6-3-2-4-7-13/h2-4,6-7,9-10,14-15,19H,5,8,11-12H2,1H3/b10-9+/t14-,15?/m0/s1. The molecule has 1 fully saturated rings. The molecular formula is C17H21NO5. The van der Waals surface area contributed by atoms with Gasteiger partial charge in [0.1, 0.15) is 6.61 Å². The average Bonchev–Trinajstić information content (AvgIpc) is 3.08. The molecule has 2 atom stereocenters. The summed E-state index contributed by atoms with van der Waals surface area (Å²) in [5.74, 6) is -0.541.